The predicted octanol–water partition coefficient (Wildman–Crippen LogP) is 1.74. The first-order valence-corrected chi connectivity index (χ1v) is 5.71. The van der Waals surface area contributed by atoms with Crippen molar-refractivity contribution in [2.24, 2.45) is 0 Å². The lowest BCUT2D eigenvalue weighted by Gasteiger charge is -2.10. The number of rotatable bonds is 5. The SMILES string of the molecule is CC(=O)Nc1cccc(NC(=O)CNCC(F)(F)F)c1. The highest BCUT2D eigenvalue weighted by Crippen LogP contribution is 2.15. The van der Waals surface area contributed by atoms with Crippen LogP contribution >= 0.6 is 0 Å². The Labute approximate surface area is 113 Å². The average Bonchev–Trinajstić information content (AvgIpc) is 2.26. The highest BCUT2D eigenvalue weighted by molar-refractivity contribution is 5.94. The van der Waals surface area contributed by atoms with Crippen LogP contribution in [0.1, 0.15) is 6.92 Å². The molecule has 0 atom stereocenters. The summed E-state index contributed by atoms with van der Waals surface area (Å²) in [6.45, 7) is -0.345. The molecule has 20 heavy (non-hydrogen) atoms. The molecule has 0 aliphatic rings. The Kier molecular flexibility index (Phi) is 5.51. The van der Waals surface area contributed by atoms with Crippen LogP contribution in [0.4, 0.5) is 24.5 Å². The van der Waals surface area contributed by atoms with E-state index in [1.165, 1.54) is 13.0 Å². The molecule has 8 heteroatoms. The van der Waals surface area contributed by atoms with Crippen LogP contribution in [0.2, 0.25) is 0 Å². The molecule has 1 aromatic carbocycles. The second kappa shape index (κ2) is 6.90. The van der Waals surface area contributed by atoms with Crippen LogP contribution < -0.4 is 16.0 Å². The molecule has 0 heterocycles. The summed E-state index contributed by atoms with van der Waals surface area (Å²) in [6, 6.07) is 6.29. The number of nitrogens with one attached hydrogen (secondary N) is 3. The van der Waals surface area contributed by atoms with E-state index in [0.717, 1.165) is 0 Å². The average molecular weight is 289 g/mol. The Bertz CT molecular complexity index is 489. The molecule has 0 saturated carbocycles. The Morgan fingerprint density at radius 2 is 1.75 bits per heavy atom. The number of benzene rings is 1. The molecule has 0 fully saturated rings. The zero-order valence-corrected chi connectivity index (χ0v) is 10.7. The van der Waals surface area contributed by atoms with Gasteiger partial charge in [0.25, 0.3) is 0 Å². The molecule has 5 nitrogen and oxygen atoms in total. The van der Waals surface area contributed by atoms with Crippen LogP contribution in [-0.4, -0.2) is 31.1 Å². The van der Waals surface area contributed by atoms with Crippen molar-refractivity contribution < 1.29 is 22.8 Å². The van der Waals surface area contributed by atoms with Crippen molar-refractivity contribution in [1.29, 1.82) is 0 Å². The number of carbonyl (C=O) groups is 2. The Morgan fingerprint density at radius 1 is 1.15 bits per heavy atom. The van der Waals surface area contributed by atoms with Gasteiger partial charge in [0.15, 0.2) is 0 Å². The predicted molar refractivity (Wildman–Crippen MR) is 68.3 cm³/mol. The van der Waals surface area contributed by atoms with Gasteiger partial charge >= 0.3 is 6.18 Å². The van der Waals surface area contributed by atoms with E-state index in [0.29, 0.717) is 11.4 Å². The van der Waals surface area contributed by atoms with Gasteiger partial charge in [0.05, 0.1) is 13.1 Å². The maximum atomic E-state index is 11.9. The first-order valence-electron chi connectivity index (χ1n) is 5.71. The number of anilines is 2. The third-order valence-corrected chi connectivity index (χ3v) is 2.08. The smallest absolute Gasteiger partial charge is 0.326 e. The summed E-state index contributed by atoms with van der Waals surface area (Å²) < 4.78 is 35.6. The molecule has 1 aromatic rings. The van der Waals surface area contributed by atoms with Crippen molar-refractivity contribution in [3.8, 4) is 0 Å². The molecule has 0 aliphatic carbocycles. The molecule has 0 bridgehead atoms. The summed E-state index contributed by atoms with van der Waals surface area (Å²) >= 11 is 0. The molecule has 0 aromatic heterocycles. The number of hydrogen-bond donors (Lipinski definition) is 3. The summed E-state index contributed by atoms with van der Waals surface area (Å²) in [6.07, 6.45) is -4.36. The number of alkyl halides is 3. The fourth-order valence-corrected chi connectivity index (χ4v) is 1.40. The molecule has 3 N–H and O–H groups in total. The third-order valence-electron chi connectivity index (χ3n) is 2.08. The van der Waals surface area contributed by atoms with Gasteiger partial charge in [0.2, 0.25) is 11.8 Å². The fourth-order valence-electron chi connectivity index (χ4n) is 1.40. The lowest BCUT2D eigenvalue weighted by molar-refractivity contribution is -0.127. The second-order valence-electron chi connectivity index (χ2n) is 4.03. The lowest BCUT2D eigenvalue weighted by atomic mass is 10.2. The van der Waals surface area contributed by atoms with E-state index in [2.05, 4.69) is 10.6 Å². The highest BCUT2D eigenvalue weighted by Gasteiger charge is 2.26. The summed E-state index contributed by atoms with van der Waals surface area (Å²) in [5.41, 5.74) is 0.869. The standard InChI is InChI=1S/C12H14F3N3O2/c1-8(19)17-9-3-2-4-10(5-9)18-11(20)6-16-7-12(13,14)15/h2-5,16H,6-7H2,1H3,(H,17,19)(H,18,20). The van der Waals surface area contributed by atoms with Crippen LogP contribution in [0.3, 0.4) is 0 Å². The molecule has 0 spiro atoms. The number of carbonyl (C=O) groups excluding carboxylic acids is 2. The minimum Gasteiger partial charge on any atom is -0.326 e. The minimum absolute atomic E-state index is 0.264. The zero-order valence-electron chi connectivity index (χ0n) is 10.7. The Balaban J connectivity index is 2.47. The fraction of sp³-hybridized carbons (Fsp3) is 0.333. The maximum absolute atomic E-state index is 11.9. The molecular formula is C12H14F3N3O2. The Morgan fingerprint density at radius 3 is 2.30 bits per heavy atom. The molecular weight excluding hydrogens is 275 g/mol. The van der Waals surface area contributed by atoms with Crippen molar-refractivity contribution in [2.45, 2.75) is 13.1 Å². The van der Waals surface area contributed by atoms with Gasteiger partial charge in [0.1, 0.15) is 0 Å². The largest absolute Gasteiger partial charge is 0.401 e. The number of amides is 2. The normalized spacial score (nSPS) is 11.0. The molecule has 0 unspecified atom stereocenters. The molecule has 0 aliphatic heterocycles. The Hall–Kier alpha value is -2.09. The van der Waals surface area contributed by atoms with Crippen molar-refractivity contribution >= 4 is 23.2 Å². The first kappa shape index (κ1) is 16.0. The number of halogens is 3. The molecule has 2 amide bonds. The monoisotopic (exact) mass is 289 g/mol. The van der Waals surface area contributed by atoms with E-state index in [9.17, 15) is 22.8 Å². The topological polar surface area (TPSA) is 70.2 Å². The quantitative estimate of drug-likeness (QED) is 0.773. The second-order valence-corrected chi connectivity index (χ2v) is 4.03. The highest BCUT2D eigenvalue weighted by atomic mass is 19.4. The van der Waals surface area contributed by atoms with Gasteiger partial charge in [-0.1, -0.05) is 6.07 Å². The van der Waals surface area contributed by atoms with E-state index in [-0.39, 0.29) is 5.91 Å². The number of hydrogen-bond acceptors (Lipinski definition) is 3. The molecule has 110 valence electrons. The lowest BCUT2D eigenvalue weighted by Crippen LogP contribution is -2.35. The van der Waals surface area contributed by atoms with Gasteiger partial charge in [-0.05, 0) is 18.2 Å². The zero-order chi connectivity index (χ0) is 15.2. The van der Waals surface area contributed by atoms with Crippen LogP contribution in [0.15, 0.2) is 24.3 Å². The molecule has 0 radical (unpaired) electrons. The molecule has 1 rings (SSSR count). The van der Waals surface area contributed by atoms with Crippen molar-refractivity contribution in [3.05, 3.63) is 24.3 Å². The van der Waals surface area contributed by atoms with Crippen LogP contribution in [0, 0.1) is 0 Å². The van der Waals surface area contributed by atoms with E-state index >= 15 is 0 Å². The third kappa shape index (κ3) is 6.74. The summed E-state index contributed by atoms with van der Waals surface area (Å²) in [5, 5.41) is 6.93. The van der Waals surface area contributed by atoms with Gasteiger partial charge in [-0.25, -0.2) is 0 Å². The van der Waals surface area contributed by atoms with Crippen LogP contribution in [-0.2, 0) is 9.59 Å². The van der Waals surface area contributed by atoms with Gasteiger partial charge in [-0.3, -0.25) is 9.59 Å². The van der Waals surface area contributed by atoms with Gasteiger partial charge < -0.3 is 16.0 Å². The van der Waals surface area contributed by atoms with Gasteiger partial charge in [0, 0.05) is 18.3 Å². The summed E-state index contributed by atoms with van der Waals surface area (Å²) in [7, 11) is 0. The van der Waals surface area contributed by atoms with Crippen molar-refractivity contribution in [3.63, 3.8) is 0 Å². The molecule has 0 saturated heterocycles. The van der Waals surface area contributed by atoms with Crippen molar-refractivity contribution in [2.75, 3.05) is 23.7 Å². The van der Waals surface area contributed by atoms with Gasteiger partial charge in [-0.2, -0.15) is 13.2 Å². The van der Waals surface area contributed by atoms with Crippen LogP contribution in [0.25, 0.3) is 0 Å². The van der Waals surface area contributed by atoms with E-state index in [1.807, 2.05) is 5.32 Å². The van der Waals surface area contributed by atoms with Gasteiger partial charge in [-0.15, -0.1) is 0 Å². The first-order chi connectivity index (χ1) is 9.26. The van der Waals surface area contributed by atoms with Crippen molar-refractivity contribution in [1.82, 2.24) is 5.32 Å². The van der Waals surface area contributed by atoms with E-state index in [4.69, 9.17) is 0 Å². The maximum Gasteiger partial charge on any atom is 0.401 e. The summed E-state index contributed by atoms with van der Waals surface area (Å²) in [5.74, 6) is -0.866. The van der Waals surface area contributed by atoms with Crippen LogP contribution in [0.5, 0.6) is 0 Å². The van der Waals surface area contributed by atoms with E-state index in [1.54, 1.807) is 18.2 Å². The summed E-state index contributed by atoms with van der Waals surface area (Å²) in [4.78, 5) is 22.3. The minimum atomic E-state index is -4.36. The van der Waals surface area contributed by atoms with E-state index < -0.39 is 25.2 Å².